The molecule has 0 radical (unpaired) electrons. The number of hydrogen-bond donors (Lipinski definition) is 2. The Labute approximate surface area is 223 Å². The van der Waals surface area contributed by atoms with Crippen molar-refractivity contribution in [2.75, 3.05) is 25.6 Å². The summed E-state index contributed by atoms with van der Waals surface area (Å²) in [6, 6.07) is 12.5. The number of ether oxygens (including phenoxy) is 3. The van der Waals surface area contributed by atoms with Crippen LogP contribution in [0.25, 0.3) is 11.1 Å². The van der Waals surface area contributed by atoms with Gasteiger partial charge in [-0.3, -0.25) is 4.79 Å². The maximum atomic E-state index is 12.6. The number of rotatable bonds is 10. The Morgan fingerprint density at radius 1 is 1.18 bits per heavy atom. The summed E-state index contributed by atoms with van der Waals surface area (Å²) in [5, 5.41) is 26.6. The Kier molecular flexibility index (Phi) is 7.56. The van der Waals surface area contributed by atoms with Crippen LogP contribution in [0.2, 0.25) is 0 Å². The van der Waals surface area contributed by atoms with Crippen LogP contribution in [-0.2, 0) is 11.3 Å². The van der Waals surface area contributed by atoms with E-state index in [-0.39, 0.29) is 18.1 Å². The fraction of sp³-hybridized carbons (Fsp3) is 0.269. The SMILES string of the molecule is COc1ccc(C(=O)NC2COC2)cc1Nc1ncc(-c2ccc(C#N)c(O[C@@H](C)Cn3cnnn3)c2)cn1. The first kappa shape index (κ1) is 25.6. The molecule has 198 valence electrons. The third kappa shape index (κ3) is 6.08. The normalized spacial score (nSPS) is 13.6. The summed E-state index contributed by atoms with van der Waals surface area (Å²) in [5.74, 6) is 1.10. The van der Waals surface area contributed by atoms with Gasteiger partial charge >= 0.3 is 0 Å². The average Bonchev–Trinajstić information content (AvgIpc) is 3.44. The van der Waals surface area contributed by atoms with Gasteiger partial charge in [0.2, 0.25) is 5.95 Å². The molecule has 4 aromatic rings. The number of nitriles is 1. The number of methoxy groups -OCH3 is 1. The van der Waals surface area contributed by atoms with E-state index in [0.717, 1.165) is 11.1 Å². The predicted octanol–water partition coefficient (Wildman–Crippen LogP) is 2.35. The molecule has 1 saturated heterocycles. The van der Waals surface area contributed by atoms with Crippen LogP contribution < -0.4 is 20.1 Å². The highest BCUT2D eigenvalue weighted by Gasteiger charge is 2.21. The van der Waals surface area contributed by atoms with Crippen LogP contribution in [0.5, 0.6) is 11.5 Å². The van der Waals surface area contributed by atoms with Gasteiger partial charge in [-0.2, -0.15) is 5.26 Å². The largest absolute Gasteiger partial charge is 0.495 e. The van der Waals surface area contributed by atoms with E-state index >= 15 is 0 Å². The minimum atomic E-state index is -0.284. The zero-order chi connectivity index (χ0) is 27.2. The molecule has 0 spiro atoms. The van der Waals surface area contributed by atoms with E-state index in [1.807, 2.05) is 13.0 Å². The van der Waals surface area contributed by atoms with Crippen LogP contribution in [0.3, 0.4) is 0 Å². The Hall–Kier alpha value is -5.09. The van der Waals surface area contributed by atoms with Crippen LogP contribution in [-0.4, -0.2) is 68.6 Å². The third-order valence-corrected chi connectivity index (χ3v) is 5.93. The Bertz CT molecular complexity index is 1480. The topological polar surface area (TPSA) is 162 Å². The zero-order valence-electron chi connectivity index (χ0n) is 21.2. The van der Waals surface area contributed by atoms with Gasteiger partial charge in [0.25, 0.3) is 5.91 Å². The van der Waals surface area contributed by atoms with Crippen LogP contribution in [0, 0.1) is 11.3 Å². The number of benzene rings is 2. The molecule has 0 unspecified atom stereocenters. The second kappa shape index (κ2) is 11.5. The molecule has 2 N–H and O–H groups in total. The molecule has 3 heterocycles. The molecule has 2 aromatic carbocycles. The first-order valence-corrected chi connectivity index (χ1v) is 12.1. The zero-order valence-corrected chi connectivity index (χ0v) is 21.2. The number of amides is 1. The number of tetrazole rings is 1. The first-order valence-electron chi connectivity index (χ1n) is 12.1. The van der Waals surface area contributed by atoms with Crippen molar-refractivity contribution in [3.63, 3.8) is 0 Å². The number of anilines is 2. The van der Waals surface area contributed by atoms with Crippen molar-refractivity contribution in [2.45, 2.75) is 25.6 Å². The summed E-state index contributed by atoms with van der Waals surface area (Å²) in [4.78, 5) is 21.4. The highest BCUT2D eigenvalue weighted by molar-refractivity contribution is 5.96. The van der Waals surface area contributed by atoms with Crippen molar-refractivity contribution in [3.05, 3.63) is 66.2 Å². The summed E-state index contributed by atoms with van der Waals surface area (Å²) >= 11 is 0. The standard InChI is InChI=1S/C26H25N9O4/c1-16(12-35-15-30-33-34-35)39-24-8-17(3-4-19(24)9-27)20-10-28-26(29-11-20)32-22-7-18(5-6-23(22)37-2)25(36)31-21-13-38-14-21/h3-8,10-11,15-16,21H,12-14H2,1-2H3,(H,31,36)(H,28,29,32)/t16-/m0/s1. The average molecular weight is 528 g/mol. The van der Waals surface area contributed by atoms with Crippen molar-refractivity contribution < 1.29 is 19.0 Å². The highest BCUT2D eigenvalue weighted by Crippen LogP contribution is 2.30. The van der Waals surface area contributed by atoms with Gasteiger partial charge in [-0.25, -0.2) is 14.6 Å². The van der Waals surface area contributed by atoms with Crippen molar-refractivity contribution in [2.24, 2.45) is 0 Å². The molecule has 13 nitrogen and oxygen atoms in total. The van der Waals surface area contributed by atoms with Crippen LogP contribution in [0.4, 0.5) is 11.6 Å². The van der Waals surface area contributed by atoms with Gasteiger partial charge < -0.3 is 24.8 Å². The van der Waals surface area contributed by atoms with Gasteiger partial charge in [-0.15, -0.1) is 5.10 Å². The maximum absolute atomic E-state index is 12.6. The quantitative estimate of drug-likeness (QED) is 0.311. The van der Waals surface area contributed by atoms with E-state index < -0.39 is 0 Å². The van der Waals surface area contributed by atoms with Gasteiger partial charge in [0.05, 0.1) is 44.2 Å². The lowest BCUT2D eigenvalue weighted by Gasteiger charge is -2.26. The molecular weight excluding hydrogens is 502 g/mol. The van der Waals surface area contributed by atoms with E-state index in [4.69, 9.17) is 14.2 Å². The maximum Gasteiger partial charge on any atom is 0.251 e. The molecule has 1 atom stereocenters. The molecular formula is C26H25N9O4. The summed E-state index contributed by atoms with van der Waals surface area (Å²) in [6.45, 7) is 3.32. The van der Waals surface area contributed by atoms with E-state index in [1.165, 1.54) is 6.33 Å². The summed E-state index contributed by atoms with van der Waals surface area (Å²) in [6.07, 6.45) is 4.53. The molecule has 1 aliphatic heterocycles. The van der Waals surface area contributed by atoms with Gasteiger partial charge in [-0.05, 0) is 53.2 Å². The summed E-state index contributed by atoms with van der Waals surface area (Å²) in [7, 11) is 1.55. The summed E-state index contributed by atoms with van der Waals surface area (Å²) in [5.41, 5.74) is 2.93. The van der Waals surface area contributed by atoms with Crippen molar-refractivity contribution in [1.82, 2.24) is 35.5 Å². The third-order valence-electron chi connectivity index (χ3n) is 5.93. The summed E-state index contributed by atoms with van der Waals surface area (Å²) < 4.78 is 18.1. The number of carbonyl (C=O) groups excluding carboxylic acids is 1. The highest BCUT2D eigenvalue weighted by atomic mass is 16.5. The molecule has 0 bridgehead atoms. The Balaban J connectivity index is 1.31. The van der Waals surface area contributed by atoms with Crippen LogP contribution in [0.1, 0.15) is 22.8 Å². The van der Waals surface area contributed by atoms with Crippen molar-refractivity contribution in [1.29, 1.82) is 5.26 Å². The number of nitrogens with zero attached hydrogens (tertiary/aromatic N) is 7. The van der Waals surface area contributed by atoms with Crippen molar-refractivity contribution in [3.8, 4) is 28.7 Å². The molecule has 39 heavy (non-hydrogen) atoms. The number of nitrogens with one attached hydrogen (secondary N) is 2. The van der Waals surface area contributed by atoms with E-state index in [0.29, 0.717) is 54.0 Å². The second-order valence-electron chi connectivity index (χ2n) is 8.83. The molecule has 5 rings (SSSR count). The molecule has 0 saturated carbocycles. The molecule has 2 aromatic heterocycles. The van der Waals surface area contributed by atoms with E-state index in [2.05, 4.69) is 42.2 Å². The monoisotopic (exact) mass is 527 g/mol. The molecule has 0 aliphatic carbocycles. The fourth-order valence-corrected chi connectivity index (χ4v) is 3.87. The lowest BCUT2D eigenvalue weighted by molar-refractivity contribution is -0.00346. The van der Waals surface area contributed by atoms with Crippen LogP contribution in [0.15, 0.2) is 55.1 Å². The minimum Gasteiger partial charge on any atom is -0.495 e. The first-order chi connectivity index (χ1) is 19.0. The Morgan fingerprint density at radius 3 is 2.67 bits per heavy atom. The lowest BCUT2D eigenvalue weighted by atomic mass is 10.1. The number of aromatic nitrogens is 6. The number of carbonyl (C=O) groups is 1. The van der Waals surface area contributed by atoms with Gasteiger partial charge in [0.1, 0.15) is 30.0 Å². The minimum absolute atomic E-state index is 0.0224. The number of hydrogen-bond acceptors (Lipinski definition) is 11. The van der Waals surface area contributed by atoms with Crippen LogP contribution >= 0.6 is 0 Å². The van der Waals surface area contributed by atoms with Gasteiger partial charge in [0.15, 0.2) is 0 Å². The van der Waals surface area contributed by atoms with E-state index in [1.54, 1.807) is 54.5 Å². The van der Waals surface area contributed by atoms with Gasteiger partial charge in [-0.1, -0.05) is 6.07 Å². The lowest BCUT2D eigenvalue weighted by Crippen LogP contribution is -2.48. The Morgan fingerprint density at radius 2 is 2.00 bits per heavy atom. The molecule has 13 heteroatoms. The van der Waals surface area contributed by atoms with Crippen molar-refractivity contribution >= 4 is 17.5 Å². The molecule has 1 fully saturated rings. The molecule has 1 aliphatic rings. The predicted molar refractivity (Wildman–Crippen MR) is 138 cm³/mol. The fourth-order valence-electron chi connectivity index (χ4n) is 3.87. The van der Waals surface area contributed by atoms with E-state index in [9.17, 15) is 10.1 Å². The molecule has 1 amide bonds. The second-order valence-corrected chi connectivity index (χ2v) is 8.83. The smallest absolute Gasteiger partial charge is 0.251 e. The van der Waals surface area contributed by atoms with Gasteiger partial charge in [0, 0.05) is 23.5 Å².